The summed E-state index contributed by atoms with van der Waals surface area (Å²) in [5, 5.41) is 5.26. The Labute approximate surface area is 172 Å². The second kappa shape index (κ2) is 8.20. The van der Waals surface area contributed by atoms with Crippen molar-refractivity contribution in [3.05, 3.63) is 41.4 Å². The molecule has 1 unspecified atom stereocenters. The lowest BCUT2D eigenvalue weighted by atomic mass is 10.1. The first-order chi connectivity index (χ1) is 14.1. The van der Waals surface area contributed by atoms with Crippen molar-refractivity contribution in [3.8, 4) is 0 Å². The van der Waals surface area contributed by atoms with E-state index in [4.69, 9.17) is 4.74 Å². The van der Waals surface area contributed by atoms with Gasteiger partial charge in [-0.1, -0.05) is 0 Å². The van der Waals surface area contributed by atoms with Crippen LogP contribution in [0.25, 0.3) is 0 Å². The highest BCUT2D eigenvalue weighted by Crippen LogP contribution is 2.31. The summed E-state index contributed by atoms with van der Waals surface area (Å²) in [6.45, 7) is 0.481. The van der Waals surface area contributed by atoms with Crippen LogP contribution in [0.5, 0.6) is 0 Å². The van der Waals surface area contributed by atoms with Crippen molar-refractivity contribution in [2.75, 3.05) is 18.6 Å². The van der Waals surface area contributed by atoms with E-state index in [1.54, 1.807) is 35.8 Å². The number of carbonyl (C=O) groups is 3. The maximum absolute atomic E-state index is 13.4. The van der Waals surface area contributed by atoms with E-state index in [0.717, 1.165) is 19.3 Å². The number of carbonyl (C=O) groups excluding carboxylic acids is 3. The molecule has 2 fully saturated rings. The highest BCUT2D eigenvalue weighted by molar-refractivity contribution is 7.13. The molecular weight excluding hydrogens is 392 g/mol. The van der Waals surface area contributed by atoms with Crippen LogP contribution in [0.1, 0.15) is 36.0 Å². The Hall–Kier alpha value is -2.94. The average Bonchev–Trinajstić information content (AvgIpc) is 3.20. The van der Waals surface area contributed by atoms with Crippen LogP contribution in [0.4, 0.5) is 15.6 Å². The minimum atomic E-state index is -0.607. The van der Waals surface area contributed by atoms with E-state index in [1.807, 2.05) is 0 Å². The van der Waals surface area contributed by atoms with Crippen LogP contribution < -0.4 is 10.2 Å². The van der Waals surface area contributed by atoms with Crippen LogP contribution in [0.2, 0.25) is 0 Å². The number of ether oxygens (including phenoxy) is 1. The number of nitrogens with zero attached hydrogens (tertiary/aromatic N) is 3. The monoisotopic (exact) mass is 414 g/mol. The Balaban J connectivity index is 1.60. The molecule has 8 nitrogen and oxygen atoms in total. The predicted molar refractivity (Wildman–Crippen MR) is 108 cm³/mol. The number of amides is 3. The molecule has 4 rings (SSSR count). The lowest BCUT2D eigenvalue weighted by molar-refractivity contribution is -0.121. The maximum Gasteiger partial charge on any atom is 0.410 e. The first-order valence-electron chi connectivity index (χ1n) is 9.57. The molecule has 2 heterocycles. The standard InChI is InChI=1S/C20H22N4O4S/c1-28-20(27)23-11-2-3-16(23)18(26)24(19-21-10-12-29-19)15-8-4-13(5-9-15)17(25)22-14-6-7-14/h4-5,8-10,12,14,16H,2-3,6-7,11H2,1H3,(H,22,25). The minimum absolute atomic E-state index is 0.112. The SMILES string of the molecule is COC(=O)N1CCCC1C(=O)N(c1ccc(C(=O)NC2CC2)cc1)c1nccs1. The molecule has 1 aromatic carbocycles. The Morgan fingerprint density at radius 2 is 1.97 bits per heavy atom. The van der Waals surface area contributed by atoms with Crippen molar-refractivity contribution in [2.45, 2.75) is 37.8 Å². The van der Waals surface area contributed by atoms with Crippen LogP contribution in [-0.2, 0) is 9.53 Å². The summed E-state index contributed by atoms with van der Waals surface area (Å²) in [4.78, 5) is 45.0. The lowest BCUT2D eigenvalue weighted by Gasteiger charge is -2.28. The van der Waals surface area contributed by atoms with E-state index in [0.29, 0.717) is 29.3 Å². The van der Waals surface area contributed by atoms with Crippen LogP contribution >= 0.6 is 11.3 Å². The number of likely N-dealkylation sites (tertiary alicyclic amines) is 1. The van der Waals surface area contributed by atoms with Gasteiger partial charge in [-0.05, 0) is 49.9 Å². The van der Waals surface area contributed by atoms with Gasteiger partial charge in [-0.25, -0.2) is 9.78 Å². The van der Waals surface area contributed by atoms with Gasteiger partial charge in [0.2, 0.25) is 0 Å². The number of anilines is 2. The third-order valence-electron chi connectivity index (χ3n) is 5.08. The number of hydrogen-bond acceptors (Lipinski definition) is 6. The van der Waals surface area contributed by atoms with Gasteiger partial charge in [-0.3, -0.25) is 19.4 Å². The Morgan fingerprint density at radius 3 is 2.59 bits per heavy atom. The smallest absolute Gasteiger partial charge is 0.410 e. The summed E-state index contributed by atoms with van der Waals surface area (Å²) in [6.07, 6.45) is 4.47. The number of hydrogen-bond donors (Lipinski definition) is 1. The summed E-state index contributed by atoms with van der Waals surface area (Å²) in [5.41, 5.74) is 1.15. The number of aromatic nitrogens is 1. The van der Waals surface area contributed by atoms with Gasteiger partial charge in [0.15, 0.2) is 5.13 Å². The first kappa shape index (κ1) is 19.4. The third kappa shape index (κ3) is 4.09. The van der Waals surface area contributed by atoms with Crippen LogP contribution in [0.3, 0.4) is 0 Å². The molecule has 0 radical (unpaired) electrons. The van der Waals surface area contributed by atoms with Crippen molar-refractivity contribution < 1.29 is 19.1 Å². The van der Waals surface area contributed by atoms with Gasteiger partial charge < -0.3 is 10.1 Å². The fraction of sp³-hybridized carbons (Fsp3) is 0.400. The van der Waals surface area contributed by atoms with Gasteiger partial charge in [-0.15, -0.1) is 11.3 Å². The molecule has 3 amide bonds. The van der Waals surface area contributed by atoms with E-state index in [1.165, 1.54) is 28.2 Å². The zero-order valence-corrected chi connectivity index (χ0v) is 16.9. The fourth-order valence-corrected chi connectivity index (χ4v) is 4.09. The lowest BCUT2D eigenvalue weighted by Crippen LogP contribution is -2.46. The van der Waals surface area contributed by atoms with E-state index < -0.39 is 12.1 Å². The summed E-state index contributed by atoms with van der Waals surface area (Å²) >= 11 is 1.34. The van der Waals surface area contributed by atoms with Crippen LogP contribution in [0, 0.1) is 0 Å². The van der Waals surface area contributed by atoms with Gasteiger partial charge >= 0.3 is 6.09 Å². The molecule has 2 aromatic rings. The molecule has 2 aliphatic rings. The molecule has 1 atom stereocenters. The molecule has 0 bridgehead atoms. The minimum Gasteiger partial charge on any atom is -0.453 e. The van der Waals surface area contributed by atoms with Crippen molar-refractivity contribution in [2.24, 2.45) is 0 Å². The quantitative estimate of drug-likeness (QED) is 0.812. The summed E-state index contributed by atoms with van der Waals surface area (Å²) < 4.78 is 4.83. The number of benzene rings is 1. The zero-order chi connectivity index (χ0) is 20.4. The molecule has 1 saturated heterocycles. The van der Waals surface area contributed by atoms with Crippen molar-refractivity contribution >= 4 is 40.1 Å². The molecule has 1 aromatic heterocycles. The van der Waals surface area contributed by atoms with E-state index >= 15 is 0 Å². The average molecular weight is 414 g/mol. The fourth-order valence-electron chi connectivity index (χ4n) is 3.42. The summed E-state index contributed by atoms with van der Waals surface area (Å²) in [7, 11) is 1.31. The molecule has 1 aliphatic carbocycles. The first-order valence-corrected chi connectivity index (χ1v) is 10.5. The Kier molecular flexibility index (Phi) is 5.48. The molecule has 152 valence electrons. The van der Waals surface area contributed by atoms with E-state index in [-0.39, 0.29) is 17.9 Å². The largest absolute Gasteiger partial charge is 0.453 e. The topological polar surface area (TPSA) is 91.8 Å². The van der Waals surface area contributed by atoms with Gasteiger partial charge in [0.1, 0.15) is 6.04 Å². The zero-order valence-electron chi connectivity index (χ0n) is 16.0. The number of thiazole rings is 1. The predicted octanol–water partition coefficient (Wildman–Crippen LogP) is 2.93. The highest BCUT2D eigenvalue weighted by Gasteiger charge is 2.38. The van der Waals surface area contributed by atoms with Crippen molar-refractivity contribution in [3.63, 3.8) is 0 Å². The van der Waals surface area contributed by atoms with Gasteiger partial charge in [-0.2, -0.15) is 0 Å². The number of nitrogens with one attached hydrogen (secondary N) is 1. The number of methoxy groups -OCH3 is 1. The van der Waals surface area contributed by atoms with Gasteiger partial charge in [0.25, 0.3) is 11.8 Å². The Bertz CT molecular complexity index is 896. The second-order valence-electron chi connectivity index (χ2n) is 7.10. The maximum atomic E-state index is 13.4. The van der Waals surface area contributed by atoms with Crippen molar-refractivity contribution in [1.82, 2.24) is 15.2 Å². The molecule has 1 saturated carbocycles. The molecule has 0 spiro atoms. The third-order valence-corrected chi connectivity index (χ3v) is 5.83. The Morgan fingerprint density at radius 1 is 1.21 bits per heavy atom. The molecule has 29 heavy (non-hydrogen) atoms. The molecule has 1 N–H and O–H groups in total. The van der Waals surface area contributed by atoms with Crippen molar-refractivity contribution in [1.29, 1.82) is 0 Å². The van der Waals surface area contributed by atoms with Gasteiger partial charge in [0.05, 0.1) is 12.8 Å². The highest BCUT2D eigenvalue weighted by atomic mass is 32.1. The van der Waals surface area contributed by atoms with E-state index in [9.17, 15) is 14.4 Å². The summed E-state index contributed by atoms with van der Waals surface area (Å²) in [6, 6.07) is 6.55. The van der Waals surface area contributed by atoms with Crippen LogP contribution in [0.15, 0.2) is 35.8 Å². The van der Waals surface area contributed by atoms with Crippen LogP contribution in [-0.4, -0.2) is 53.5 Å². The summed E-state index contributed by atoms with van der Waals surface area (Å²) in [5.74, 6) is -0.350. The molecule has 9 heteroatoms. The number of rotatable bonds is 5. The second-order valence-corrected chi connectivity index (χ2v) is 7.98. The normalized spacial score (nSPS) is 18.4. The molecule has 1 aliphatic heterocycles. The van der Waals surface area contributed by atoms with E-state index in [2.05, 4.69) is 10.3 Å². The van der Waals surface area contributed by atoms with Gasteiger partial charge in [0, 0.05) is 29.7 Å². The molecular formula is C20H22N4O4S.